The maximum atomic E-state index is 13.0. The monoisotopic (exact) mass is 563 g/mol. The number of alkyl halides is 3. The molecule has 0 heterocycles. The van der Waals surface area contributed by atoms with Gasteiger partial charge in [0.25, 0.3) is 0 Å². The second kappa shape index (κ2) is 10.1. The molecule has 0 aliphatic heterocycles. The fraction of sp³-hybridized carbons (Fsp3) is 0.0312. The molecule has 43 heavy (non-hydrogen) atoms. The molecule has 0 bridgehead atoms. The molecule has 0 saturated carbocycles. The van der Waals surface area contributed by atoms with Gasteiger partial charge in [0.15, 0.2) is 0 Å². The maximum absolute atomic E-state index is 13.0. The molecule has 11 heteroatoms. The Morgan fingerprint density at radius 3 is 1.60 bits per heavy atom. The molecule has 2 aliphatic carbocycles. The average Bonchev–Trinajstić information content (AvgIpc) is 3.48. The summed E-state index contributed by atoms with van der Waals surface area (Å²) in [7, 11) is 0. The molecule has 0 atom stereocenters. The number of fused-ring (bicyclic) bond motifs is 4. The predicted molar refractivity (Wildman–Crippen MR) is 142 cm³/mol. The number of nitriles is 7. The molecule has 0 N–H and O–H groups in total. The van der Waals surface area contributed by atoms with Crippen molar-refractivity contribution in [1.29, 1.82) is 36.8 Å². The molecule has 3 aromatic carbocycles. The SMILES string of the molecule is N#CC(C#N)=C1C(c2ccc3c(c2)C(=C(C#N)C#N)c2cc(OC(F)(F)F)ccc2-3)=C(C#N)c2cc(C#N)c(C#N)cc21. The highest BCUT2D eigenvalue weighted by Gasteiger charge is 2.35. The number of allylic oxidation sites excluding steroid dienone is 5. The van der Waals surface area contributed by atoms with Gasteiger partial charge in [0, 0.05) is 22.3 Å². The minimum atomic E-state index is -4.99. The van der Waals surface area contributed by atoms with Crippen LogP contribution in [0, 0.1) is 79.3 Å². The van der Waals surface area contributed by atoms with Crippen LogP contribution in [0.4, 0.5) is 13.2 Å². The van der Waals surface area contributed by atoms with Gasteiger partial charge >= 0.3 is 6.36 Å². The van der Waals surface area contributed by atoms with Gasteiger partial charge in [0.05, 0.1) is 16.7 Å². The molecular formula is C32H8F3N7O. The quantitative estimate of drug-likeness (QED) is 0.251. The Labute approximate surface area is 241 Å². The van der Waals surface area contributed by atoms with Crippen molar-refractivity contribution >= 4 is 22.3 Å². The fourth-order valence-corrected chi connectivity index (χ4v) is 5.25. The Kier molecular flexibility index (Phi) is 6.48. The first-order valence-electron chi connectivity index (χ1n) is 11.9. The van der Waals surface area contributed by atoms with E-state index in [0.717, 1.165) is 12.1 Å². The van der Waals surface area contributed by atoms with E-state index in [0.29, 0.717) is 11.1 Å². The third kappa shape index (κ3) is 4.28. The van der Waals surface area contributed by atoms with E-state index in [2.05, 4.69) is 10.8 Å². The molecule has 0 fully saturated rings. The number of rotatable bonds is 2. The average molecular weight is 563 g/mol. The van der Waals surface area contributed by atoms with Gasteiger partial charge < -0.3 is 4.74 Å². The predicted octanol–water partition coefficient (Wildman–Crippen LogP) is 6.41. The van der Waals surface area contributed by atoms with Crippen molar-refractivity contribution in [1.82, 2.24) is 0 Å². The lowest BCUT2D eigenvalue weighted by molar-refractivity contribution is -0.274. The first-order chi connectivity index (χ1) is 20.6. The number of hydrogen-bond donors (Lipinski definition) is 0. The molecule has 5 rings (SSSR count). The zero-order valence-corrected chi connectivity index (χ0v) is 21.3. The van der Waals surface area contributed by atoms with Crippen LogP contribution in [0.3, 0.4) is 0 Å². The lowest BCUT2D eigenvalue weighted by atomic mass is 9.89. The van der Waals surface area contributed by atoms with Crippen molar-refractivity contribution in [2.45, 2.75) is 6.36 Å². The third-order valence-electron chi connectivity index (χ3n) is 6.86. The van der Waals surface area contributed by atoms with E-state index < -0.39 is 17.7 Å². The Bertz CT molecular complexity index is 2190. The van der Waals surface area contributed by atoms with Crippen LogP contribution in [0.25, 0.3) is 33.4 Å². The molecular weight excluding hydrogens is 555 g/mol. The van der Waals surface area contributed by atoms with E-state index in [-0.39, 0.29) is 66.8 Å². The van der Waals surface area contributed by atoms with Crippen LogP contribution in [0.5, 0.6) is 5.75 Å². The number of benzene rings is 3. The van der Waals surface area contributed by atoms with Crippen molar-refractivity contribution in [3.63, 3.8) is 0 Å². The molecule has 2 aliphatic rings. The van der Waals surface area contributed by atoms with Gasteiger partial charge in [-0.3, -0.25) is 0 Å². The van der Waals surface area contributed by atoms with Crippen LogP contribution in [-0.2, 0) is 0 Å². The maximum Gasteiger partial charge on any atom is 0.573 e. The van der Waals surface area contributed by atoms with Crippen LogP contribution in [0.15, 0.2) is 59.7 Å². The molecule has 0 aromatic heterocycles. The number of ether oxygens (including phenoxy) is 1. The van der Waals surface area contributed by atoms with Crippen molar-refractivity contribution in [2.24, 2.45) is 0 Å². The molecule has 0 radical (unpaired) electrons. The second-order valence-electron chi connectivity index (χ2n) is 8.99. The molecule has 198 valence electrons. The van der Waals surface area contributed by atoms with E-state index in [1.807, 2.05) is 24.3 Å². The molecule has 0 unspecified atom stereocenters. The van der Waals surface area contributed by atoms with Crippen LogP contribution in [0.2, 0.25) is 0 Å². The Hall–Kier alpha value is -7.10. The number of halogens is 3. The summed E-state index contributed by atoms with van der Waals surface area (Å²) in [6, 6.07) is 23.8. The van der Waals surface area contributed by atoms with Gasteiger partial charge in [0.1, 0.15) is 59.4 Å². The van der Waals surface area contributed by atoms with E-state index in [9.17, 15) is 50.0 Å². The van der Waals surface area contributed by atoms with Crippen LogP contribution < -0.4 is 4.74 Å². The van der Waals surface area contributed by atoms with Crippen LogP contribution >= 0.6 is 0 Å². The van der Waals surface area contributed by atoms with Crippen molar-refractivity contribution in [2.75, 3.05) is 0 Å². The molecule has 8 nitrogen and oxygen atoms in total. The van der Waals surface area contributed by atoms with Gasteiger partial charge in [-0.2, -0.15) is 36.8 Å². The van der Waals surface area contributed by atoms with Gasteiger partial charge in [-0.05, 0) is 63.7 Å². The lowest BCUT2D eigenvalue weighted by Gasteiger charge is -2.11. The summed E-state index contributed by atoms with van der Waals surface area (Å²) in [5.41, 5.74) is 1.37. The van der Waals surface area contributed by atoms with Gasteiger partial charge in [-0.1, -0.05) is 18.2 Å². The minimum Gasteiger partial charge on any atom is -0.406 e. The first-order valence-corrected chi connectivity index (χ1v) is 11.9. The highest BCUT2D eigenvalue weighted by atomic mass is 19.4. The highest BCUT2D eigenvalue weighted by molar-refractivity contribution is 6.26. The highest BCUT2D eigenvalue weighted by Crippen LogP contribution is 2.52. The Morgan fingerprint density at radius 2 is 1.07 bits per heavy atom. The van der Waals surface area contributed by atoms with E-state index in [1.165, 1.54) is 24.3 Å². The normalized spacial score (nSPS) is 12.2. The van der Waals surface area contributed by atoms with E-state index in [4.69, 9.17) is 0 Å². The second-order valence-corrected chi connectivity index (χ2v) is 8.99. The minimum absolute atomic E-state index is 0.00312. The van der Waals surface area contributed by atoms with Gasteiger partial charge in [-0.25, -0.2) is 0 Å². The lowest BCUT2D eigenvalue weighted by Crippen LogP contribution is -2.17. The zero-order valence-electron chi connectivity index (χ0n) is 21.3. The molecule has 3 aromatic rings. The smallest absolute Gasteiger partial charge is 0.406 e. The molecule has 0 spiro atoms. The summed E-state index contributed by atoms with van der Waals surface area (Å²) >= 11 is 0. The van der Waals surface area contributed by atoms with E-state index in [1.54, 1.807) is 24.3 Å². The summed E-state index contributed by atoms with van der Waals surface area (Å²) in [6.07, 6.45) is -4.99. The Balaban J connectivity index is 1.83. The topological polar surface area (TPSA) is 176 Å². The summed E-state index contributed by atoms with van der Waals surface area (Å²) in [6.45, 7) is 0. The summed E-state index contributed by atoms with van der Waals surface area (Å²) in [5.74, 6) is -0.563. The largest absolute Gasteiger partial charge is 0.573 e. The standard InChI is InChI=1S/C32H8F3N7O/c33-32(34,35)43-21-2-4-23-22-3-1-16(5-25(22)29(27(23)8-21)19(11-38)12-39)30-28(15-42)24-6-17(9-36)18(10-37)7-26(24)31(30)20(13-40)14-41/h1-8H. The summed E-state index contributed by atoms with van der Waals surface area (Å²) in [5, 5.41) is 68.4. The summed E-state index contributed by atoms with van der Waals surface area (Å²) in [4.78, 5) is 0. The number of hydrogen-bond acceptors (Lipinski definition) is 8. The zero-order chi connectivity index (χ0) is 31.1. The van der Waals surface area contributed by atoms with Crippen molar-refractivity contribution in [3.8, 4) is 59.4 Å². The fourth-order valence-electron chi connectivity index (χ4n) is 5.25. The van der Waals surface area contributed by atoms with Crippen LogP contribution in [0.1, 0.15) is 38.9 Å². The Morgan fingerprint density at radius 1 is 0.558 bits per heavy atom. The summed E-state index contributed by atoms with van der Waals surface area (Å²) < 4.78 is 42.9. The molecule has 0 amide bonds. The molecule has 0 saturated heterocycles. The van der Waals surface area contributed by atoms with E-state index >= 15 is 0 Å². The van der Waals surface area contributed by atoms with Gasteiger partial charge in [-0.15, -0.1) is 13.2 Å². The van der Waals surface area contributed by atoms with Gasteiger partial charge in [0.2, 0.25) is 0 Å². The van der Waals surface area contributed by atoms with Crippen molar-refractivity contribution in [3.05, 3.63) is 98.6 Å². The van der Waals surface area contributed by atoms with Crippen molar-refractivity contribution < 1.29 is 17.9 Å². The first kappa shape index (κ1) is 27.5. The number of nitrogens with zero attached hydrogens (tertiary/aromatic N) is 7. The van der Waals surface area contributed by atoms with Crippen LogP contribution in [-0.4, -0.2) is 6.36 Å². The third-order valence-corrected chi connectivity index (χ3v) is 6.86.